The molecule has 0 aliphatic carbocycles. The Labute approximate surface area is 113 Å². The van der Waals surface area contributed by atoms with E-state index >= 15 is 0 Å². The van der Waals surface area contributed by atoms with Crippen molar-refractivity contribution in [3.05, 3.63) is 0 Å². The zero-order valence-electron chi connectivity index (χ0n) is 11.1. The number of hydrogen-bond donors (Lipinski definition) is 2. The lowest BCUT2D eigenvalue weighted by Gasteiger charge is -2.22. The van der Waals surface area contributed by atoms with Gasteiger partial charge in [-0.15, -0.1) is 0 Å². The second-order valence-electron chi connectivity index (χ2n) is 5.06. The maximum Gasteiger partial charge on any atom is 0.211 e. The van der Waals surface area contributed by atoms with Crippen molar-refractivity contribution in [1.82, 2.24) is 10.0 Å². The maximum absolute atomic E-state index is 11.8. The Bertz CT molecular complexity index is 364. The molecule has 1 fully saturated rings. The summed E-state index contributed by atoms with van der Waals surface area (Å²) in [6, 6.07) is -0.256. The predicted molar refractivity (Wildman–Crippen MR) is 75.5 cm³/mol. The molecular formula is C11H24N2O3S2. The highest BCUT2D eigenvalue weighted by molar-refractivity contribution is 7.89. The van der Waals surface area contributed by atoms with Crippen molar-refractivity contribution in [3.63, 3.8) is 0 Å². The molecule has 1 rings (SSSR count). The molecule has 2 unspecified atom stereocenters. The third-order valence-corrected chi connectivity index (χ3v) is 5.62. The fourth-order valence-electron chi connectivity index (χ4n) is 2.24. The van der Waals surface area contributed by atoms with Gasteiger partial charge >= 0.3 is 0 Å². The third-order valence-electron chi connectivity index (χ3n) is 3.12. The van der Waals surface area contributed by atoms with E-state index in [2.05, 4.69) is 10.0 Å². The van der Waals surface area contributed by atoms with Crippen LogP contribution in [0.2, 0.25) is 0 Å². The molecular weight excluding hydrogens is 272 g/mol. The first-order chi connectivity index (χ1) is 8.39. The first-order valence-corrected chi connectivity index (χ1v) is 9.78. The Morgan fingerprint density at radius 3 is 2.56 bits per heavy atom. The molecule has 7 heteroatoms. The van der Waals surface area contributed by atoms with E-state index in [9.17, 15) is 12.6 Å². The zero-order chi connectivity index (χ0) is 13.6. The Hall–Kier alpha value is 0.0200. The first kappa shape index (κ1) is 16.1. The monoisotopic (exact) mass is 296 g/mol. The molecule has 0 saturated carbocycles. The van der Waals surface area contributed by atoms with Gasteiger partial charge in [0.05, 0.1) is 5.75 Å². The second-order valence-corrected chi connectivity index (χ2v) is 8.41. The fraction of sp³-hybridized carbons (Fsp3) is 1.00. The number of piperidine rings is 1. The summed E-state index contributed by atoms with van der Waals surface area (Å²) in [4.78, 5) is 0. The Morgan fingerprint density at radius 1 is 1.39 bits per heavy atom. The van der Waals surface area contributed by atoms with Crippen molar-refractivity contribution in [1.29, 1.82) is 0 Å². The van der Waals surface area contributed by atoms with E-state index in [1.165, 1.54) is 0 Å². The normalized spacial score (nSPS) is 21.7. The molecule has 1 aliphatic rings. The molecule has 0 aromatic carbocycles. The van der Waals surface area contributed by atoms with Crippen LogP contribution in [-0.2, 0) is 20.8 Å². The molecule has 0 bridgehead atoms. The van der Waals surface area contributed by atoms with Gasteiger partial charge in [0.15, 0.2) is 0 Å². The summed E-state index contributed by atoms with van der Waals surface area (Å²) < 4.78 is 37.3. The van der Waals surface area contributed by atoms with Crippen LogP contribution in [0.3, 0.4) is 0 Å². The van der Waals surface area contributed by atoms with E-state index in [0.29, 0.717) is 11.7 Å². The number of sulfonamides is 1. The largest absolute Gasteiger partial charge is 0.317 e. The van der Waals surface area contributed by atoms with Crippen LogP contribution in [0.4, 0.5) is 0 Å². The highest BCUT2D eigenvalue weighted by Gasteiger charge is 2.19. The fourth-order valence-corrected chi connectivity index (χ4v) is 4.59. The van der Waals surface area contributed by atoms with Crippen LogP contribution in [0, 0.1) is 5.92 Å². The van der Waals surface area contributed by atoms with Gasteiger partial charge in [-0.2, -0.15) is 0 Å². The van der Waals surface area contributed by atoms with Gasteiger partial charge in [0.25, 0.3) is 0 Å². The zero-order valence-corrected chi connectivity index (χ0v) is 12.8. The van der Waals surface area contributed by atoms with E-state index in [4.69, 9.17) is 0 Å². The quantitative estimate of drug-likeness (QED) is 0.697. The molecule has 2 atom stereocenters. The lowest BCUT2D eigenvalue weighted by molar-refractivity contribution is 0.365. The van der Waals surface area contributed by atoms with Gasteiger partial charge in [-0.25, -0.2) is 13.1 Å². The van der Waals surface area contributed by atoms with Crippen LogP contribution in [0.5, 0.6) is 0 Å². The Kier molecular flexibility index (Phi) is 6.76. The number of hydrogen-bond acceptors (Lipinski definition) is 4. The highest BCUT2D eigenvalue weighted by atomic mass is 32.2. The average Bonchev–Trinajstić information content (AvgIpc) is 2.26. The van der Waals surface area contributed by atoms with Crippen LogP contribution in [0.15, 0.2) is 0 Å². The first-order valence-electron chi connectivity index (χ1n) is 6.40. The minimum Gasteiger partial charge on any atom is -0.317 e. The summed E-state index contributed by atoms with van der Waals surface area (Å²) in [5.41, 5.74) is 0. The third kappa shape index (κ3) is 6.82. The van der Waals surface area contributed by atoms with Crippen molar-refractivity contribution in [2.45, 2.75) is 32.2 Å². The van der Waals surface area contributed by atoms with Gasteiger partial charge in [-0.3, -0.25) is 4.21 Å². The molecule has 1 aliphatic heterocycles. The molecule has 0 radical (unpaired) electrons. The summed E-state index contributed by atoms with van der Waals surface area (Å²) in [6.07, 6.45) is 4.42. The summed E-state index contributed by atoms with van der Waals surface area (Å²) >= 11 is 0. The van der Waals surface area contributed by atoms with Gasteiger partial charge in [0, 0.05) is 28.9 Å². The van der Waals surface area contributed by atoms with E-state index in [1.807, 2.05) is 0 Å². The predicted octanol–water partition coefficient (Wildman–Crippen LogP) is 0.0625. The van der Waals surface area contributed by atoms with Crippen molar-refractivity contribution in [2.24, 2.45) is 5.92 Å². The van der Waals surface area contributed by atoms with Crippen LogP contribution in [0.25, 0.3) is 0 Å². The molecule has 0 aromatic heterocycles. The van der Waals surface area contributed by atoms with E-state index in [0.717, 1.165) is 32.4 Å². The molecule has 108 valence electrons. The highest BCUT2D eigenvalue weighted by Crippen LogP contribution is 2.16. The van der Waals surface area contributed by atoms with Gasteiger partial charge in [-0.05, 0) is 45.2 Å². The Balaban J connectivity index is 2.32. The number of rotatable bonds is 7. The lowest BCUT2D eigenvalue weighted by atomic mass is 9.96. The minimum absolute atomic E-state index is 0.179. The van der Waals surface area contributed by atoms with Gasteiger partial charge in [0.2, 0.25) is 10.0 Å². The van der Waals surface area contributed by atoms with Crippen molar-refractivity contribution >= 4 is 20.8 Å². The smallest absolute Gasteiger partial charge is 0.211 e. The van der Waals surface area contributed by atoms with Crippen molar-refractivity contribution in [2.75, 3.05) is 30.9 Å². The topological polar surface area (TPSA) is 75.3 Å². The van der Waals surface area contributed by atoms with Crippen LogP contribution >= 0.6 is 0 Å². The standard InChI is InChI=1S/C11H24N2O3S2/c1-10(9-17(2)14)13-18(15,16)8-5-11-3-6-12-7-4-11/h10-13H,3-9H2,1-2H3. The average molecular weight is 296 g/mol. The molecule has 0 aromatic rings. The molecule has 2 N–H and O–H groups in total. The number of nitrogens with one attached hydrogen (secondary N) is 2. The summed E-state index contributed by atoms with van der Waals surface area (Å²) in [5.74, 6) is 1.06. The van der Waals surface area contributed by atoms with Gasteiger partial charge in [-0.1, -0.05) is 0 Å². The van der Waals surface area contributed by atoms with Crippen molar-refractivity contribution < 1.29 is 12.6 Å². The maximum atomic E-state index is 11.8. The van der Waals surface area contributed by atoms with E-state index < -0.39 is 20.8 Å². The van der Waals surface area contributed by atoms with Crippen molar-refractivity contribution in [3.8, 4) is 0 Å². The van der Waals surface area contributed by atoms with Crippen LogP contribution in [-0.4, -0.2) is 49.5 Å². The van der Waals surface area contributed by atoms with E-state index in [1.54, 1.807) is 13.2 Å². The molecule has 0 spiro atoms. The Morgan fingerprint density at radius 2 is 2.00 bits per heavy atom. The summed E-state index contributed by atoms with van der Waals surface area (Å²) in [6.45, 7) is 3.73. The minimum atomic E-state index is -3.23. The van der Waals surface area contributed by atoms with E-state index in [-0.39, 0.29) is 11.8 Å². The van der Waals surface area contributed by atoms with Crippen LogP contribution in [0.1, 0.15) is 26.2 Å². The molecule has 5 nitrogen and oxygen atoms in total. The summed E-state index contributed by atoms with van der Waals surface area (Å²) in [7, 11) is -4.20. The van der Waals surface area contributed by atoms with Gasteiger partial charge < -0.3 is 5.32 Å². The molecule has 0 amide bonds. The lowest BCUT2D eigenvalue weighted by Crippen LogP contribution is -2.38. The second kappa shape index (κ2) is 7.57. The molecule has 1 heterocycles. The van der Waals surface area contributed by atoms with Gasteiger partial charge in [0.1, 0.15) is 0 Å². The summed E-state index contributed by atoms with van der Waals surface area (Å²) in [5, 5.41) is 3.27. The SMILES string of the molecule is CC(CS(C)=O)NS(=O)(=O)CCC1CCNCC1. The molecule has 1 saturated heterocycles. The molecule has 18 heavy (non-hydrogen) atoms. The van der Waals surface area contributed by atoms with Crippen LogP contribution < -0.4 is 10.0 Å².